The van der Waals surface area contributed by atoms with E-state index in [-0.39, 0.29) is 18.5 Å². The Bertz CT molecular complexity index is 2880. The zero-order chi connectivity index (χ0) is 33.5. The molecule has 6 nitrogen and oxygen atoms in total. The van der Waals surface area contributed by atoms with Crippen LogP contribution >= 0.6 is 0 Å². The van der Waals surface area contributed by atoms with Gasteiger partial charge < -0.3 is 29.4 Å². The maximum Gasteiger partial charge on any atom is 0.178 e. The molecule has 0 spiro atoms. The number of nitrogens with one attached hydrogen (secondary N) is 2. The lowest BCUT2D eigenvalue weighted by Gasteiger charge is -2.50. The highest BCUT2D eigenvalue weighted by Crippen LogP contribution is 2.42. The van der Waals surface area contributed by atoms with E-state index in [2.05, 4.69) is 155 Å². The molecule has 51 heavy (non-hydrogen) atoms. The normalized spacial score (nSPS) is 18.2. The van der Waals surface area contributed by atoms with E-state index in [9.17, 15) is 0 Å². The van der Waals surface area contributed by atoms with E-state index in [1.54, 1.807) is 0 Å². The van der Waals surface area contributed by atoms with Crippen molar-refractivity contribution in [3.05, 3.63) is 180 Å². The fourth-order valence-corrected chi connectivity index (χ4v) is 8.04. The second-order valence-corrected chi connectivity index (χ2v) is 13.4. The molecule has 3 atom stereocenters. The van der Waals surface area contributed by atoms with E-state index in [4.69, 9.17) is 14.2 Å². The second-order valence-electron chi connectivity index (χ2n) is 13.4. The van der Waals surface area contributed by atoms with Gasteiger partial charge in [0, 0.05) is 38.0 Å². The number of hydrogen-bond donors (Lipinski definition) is 2. The highest BCUT2D eigenvalue weighted by atomic mass is 16.4. The number of nitrogens with zero attached hydrogens (tertiary/aromatic N) is 2. The van der Waals surface area contributed by atoms with Gasteiger partial charge in [-0.3, -0.25) is 0 Å². The quantitative estimate of drug-likeness (QED) is 0.197. The van der Waals surface area contributed by atoms with E-state index in [1.807, 2.05) is 18.2 Å². The molecule has 3 aromatic heterocycles. The van der Waals surface area contributed by atoms with Crippen LogP contribution in [0.1, 0.15) is 35.2 Å². The minimum absolute atomic E-state index is 0.123. The van der Waals surface area contributed by atoms with Crippen molar-refractivity contribution in [3.8, 4) is 5.69 Å². The van der Waals surface area contributed by atoms with Crippen LogP contribution in [0, 0.1) is 0 Å². The van der Waals surface area contributed by atoms with Crippen molar-refractivity contribution in [2.24, 2.45) is 0 Å². The summed E-state index contributed by atoms with van der Waals surface area (Å²) in [5.74, 6) is 0. The van der Waals surface area contributed by atoms with Gasteiger partial charge in [-0.05, 0) is 65.7 Å². The van der Waals surface area contributed by atoms with Crippen LogP contribution in [0.25, 0.3) is 76.7 Å². The van der Waals surface area contributed by atoms with Crippen LogP contribution in [0.4, 0.5) is 0 Å². The smallest absolute Gasteiger partial charge is 0.178 e. The number of aromatic nitrogens is 1. The standard InChI is InChI=1S/C45H31N4O2/c1-2-11-27(12-3-1)43-46-44(28-13-10-14-30(25-28)49-37-18-7-4-15-31(37)32-16-5-8-19-38(32)49)48-45(47-43)29-21-24-40-36(26-29)35-23-22-34-33-17-6-9-20-39(33)50-41(34)42(35)51-40/h1-26,43-47H/q-1. The molecule has 0 aliphatic carbocycles. The topological polar surface area (TPSA) is 69.4 Å². The van der Waals surface area contributed by atoms with Gasteiger partial charge in [0.1, 0.15) is 11.2 Å². The van der Waals surface area contributed by atoms with Gasteiger partial charge in [-0.2, -0.15) is 0 Å². The van der Waals surface area contributed by atoms with Gasteiger partial charge in [0.05, 0.1) is 17.2 Å². The molecule has 11 rings (SSSR count). The summed E-state index contributed by atoms with van der Waals surface area (Å²) >= 11 is 0. The first-order chi connectivity index (χ1) is 25.3. The fraction of sp³-hybridized carbons (Fsp3) is 0.0667. The van der Waals surface area contributed by atoms with Crippen molar-refractivity contribution in [1.29, 1.82) is 0 Å². The van der Waals surface area contributed by atoms with Crippen molar-refractivity contribution in [1.82, 2.24) is 15.2 Å². The molecule has 2 N–H and O–H groups in total. The predicted octanol–water partition coefficient (Wildman–Crippen LogP) is 11.5. The summed E-state index contributed by atoms with van der Waals surface area (Å²) in [4.78, 5) is 0. The van der Waals surface area contributed by atoms with Crippen LogP contribution in [0.15, 0.2) is 167 Å². The summed E-state index contributed by atoms with van der Waals surface area (Å²) in [5, 5.41) is 19.7. The molecule has 0 bridgehead atoms. The Morgan fingerprint density at radius 1 is 0.431 bits per heavy atom. The first-order valence-corrected chi connectivity index (χ1v) is 17.4. The van der Waals surface area contributed by atoms with Gasteiger partial charge in [-0.1, -0.05) is 121 Å². The Kier molecular flexibility index (Phi) is 6.27. The van der Waals surface area contributed by atoms with Crippen molar-refractivity contribution in [2.75, 3.05) is 0 Å². The van der Waals surface area contributed by atoms with Crippen LogP contribution in [0.3, 0.4) is 0 Å². The van der Waals surface area contributed by atoms with Gasteiger partial charge in [-0.15, -0.1) is 0 Å². The molecule has 7 aromatic carbocycles. The molecular formula is C45H31N4O2-. The van der Waals surface area contributed by atoms with Gasteiger partial charge in [0.2, 0.25) is 0 Å². The van der Waals surface area contributed by atoms with Crippen LogP contribution in [0.5, 0.6) is 0 Å². The molecule has 4 heterocycles. The number of para-hydroxylation sites is 3. The molecular weight excluding hydrogens is 629 g/mol. The molecule has 6 heteroatoms. The first-order valence-electron chi connectivity index (χ1n) is 17.4. The van der Waals surface area contributed by atoms with Crippen molar-refractivity contribution >= 4 is 65.7 Å². The Morgan fingerprint density at radius 2 is 1.00 bits per heavy atom. The SMILES string of the molecule is c1ccc(C2NC(c3cccc(-n4c5ccccc5c5ccccc54)c3)[N-]C(c3ccc4oc5c(ccc6c7ccccc7oc65)c4c3)N2)cc1. The van der Waals surface area contributed by atoms with Gasteiger partial charge >= 0.3 is 0 Å². The minimum Gasteiger partial charge on any atom is -0.624 e. The summed E-state index contributed by atoms with van der Waals surface area (Å²) in [7, 11) is 0. The molecule has 1 saturated heterocycles. The molecule has 1 aliphatic heterocycles. The minimum atomic E-state index is -0.275. The van der Waals surface area contributed by atoms with Crippen LogP contribution < -0.4 is 10.6 Å². The summed E-state index contributed by atoms with van der Waals surface area (Å²) in [6.07, 6.45) is -0.661. The van der Waals surface area contributed by atoms with Gasteiger partial charge in [-0.25, -0.2) is 0 Å². The highest BCUT2D eigenvalue weighted by Gasteiger charge is 2.24. The average Bonchev–Trinajstić information content (AvgIpc) is 3.88. The van der Waals surface area contributed by atoms with Crippen LogP contribution in [-0.2, 0) is 0 Å². The third-order valence-corrected chi connectivity index (χ3v) is 10.4. The first kappa shape index (κ1) is 28.6. The Hall–Kier alpha value is -6.18. The zero-order valence-electron chi connectivity index (χ0n) is 27.5. The Morgan fingerprint density at radius 3 is 1.73 bits per heavy atom. The number of rotatable bonds is 4. The van der Waals surface area contributed by atoms with E-state index in [0.29, 0.717) is 0 Å². The summed E-state index contributed by atoms with van der Waals surface area (Å²) in [5.41, 5.74) is 10.0. The maximum absolute atomic E-state index is 6.47. The largest absolute Gasteiger partial charge is 0.624 e. The van der Waals surface area contributed by atoms with E-state index in [1.165, 1.54) is 21.8 Å². The number of furan rings is 2. The molecule has 1 aliphatic rings. The lowest BCUT2D eigenvalue weighted by Crippen LogP contribution is -2.44. The number of benzene rings is 7. The molecule has 0 radical (unpaired) electrons. The van der Waals surface area contributed by atoms with Crippen molar-refractivity contribution in [3.63, 3.8) is 0 Å². The van der Waals surface area contributed by atoms with E-state index >= 15 is 0 Å². The Labute approximate surface area is 292 Å². The molecule has 1 fully saturated rings. The lowest BCUT2D eigenvalue weighted by molar-refractivity contribution is 0.316. The number of fused-ring (bicyclic) bond motifs is 10. The molecule has 0 amide bonds. The molecule has 3 unspecified atom stereocenters. The summed E-state index contributed by atoms with van der Waals surface area (Å²) < 4.78 is 15.1. The van der Waals surface area contributed by atoms with Gasteiger partial charge in [0.25, 0.3) is 0 Å². The fourth-order valence-electron chi connectivity index (χ4n) is 8.04. The average molecular weight is 660 g/mol. The molecule has 10 aromatic rings. The molecule has 0 saturated carbocycles. The molecule has 244 valence electrons. The zero-order valence-corrected chi connectivity index (χ0v) is 27.5. The van der Waals surface area contributed by atoms with E-state index in [0.717, 1.165) is 66.3 Å². The van der Waals surface area contributed by atoms with Crippen LogP contribution in [-0.4, -0.2) is 4.57 Å². The second kappa shape index (κ2) is 11.2. The van der Waals surface area contributed by atoms with Crippen LogP contribution in [0.2, 0.25) is 0 Å². The third kappa shape index (κ3) is 4.48. The maximum atomic E-state index is 6.47. The lowest BCUT2D eigenvalue weighted by atomic mass is 10.0. The van der Waals surface area contributed by atoms with Gasteiger partial charge in [0.15, 0.2) is 11.2 Å². The highest BCUT2D eigenvalue weighted by molar-refractivity contribution is 6.19. The monoisotopic (exact) mass is 659 g/mol. The van der Waals surface area contributed by atoms with Crippen molar-refractivity contribution < 1.29 is 8.83 Å². The van der Waals surface area contributed by atoms with E-state index < -0.39 is 0 Å². The summed E-state index contributed by atoms with van der Waals surface area (Å²) in [6, 6.07) is 55.4. The third-order valence-electron chi connectivity index (χ3n) is 10.4. The predicted molar refractivity (Wildman–Crippen MR) is 206 cm³/mol. The van der Waals surface area contributed by atoms with Crippen molar-refractivity contribution in [2.45, 2.75) is 18.5 Å². The Balaban J connectivity index is 1.01. The number of hydrogen-bond acceptors (Lipinski definition) is 4. The summed E-state index contributed by atoms with van der Waals surface area (Å²) in [6.45, 7) is 0.